The molecule has 0 spiro atoms. The number of hydrogen-bond acceptors (Lipinski definition) is 4. The van der Waals surface area contributed by atoms with Gasteiger partial charge in [-0.05, 0) is 17.5 Å². The monoisotopic (exact) mass is 263 g/mol. The minimum Gasteiger partial charge on any atom is -0.394 e. The van der Waals surface area contributed by atoms with E-state index in [0.29, 0.717) is 19.6 Å². The van der Waals surface area contributed by atoms with Crippen molar-refractivity contribution >= 4 is 5.91 Å². The van der Waals surface area contributed by atoms with Crippen molar-refractivity contribution in [2.75, 3.05) is 19.7 Å². The maximum atomic E-state index is 12.3. The lowest BCUT2D eigenvalue weighted by Gasteiger charge is -2.29. The minimum absolute atomic E-state index is 0.0195. The zero-order valence-electron chi connectivity index (χ0n) is 11.5. The molecule has 1 saturated heterocycles. The highest BCUT2D eigenvalue weighted by molar-refractivity contribution is 5.82. The molecule has 1 fully saturated rings. The Balaban J connectivity index is 2.17. The molecule has 0 saturated carbocycles. The molecule has 19 heavy (non-hydrogen) atoms. The standard InChI is InChI=1S/C14H21N3O2/c1-14(2)9-16-12(8-18)13(19)17(10-14)7-11-5-3-4-6-15-11/h3-6,12,16,18H,7-10H2,1-2H3. The summed E-state index contributed by atoms with van der Waals surface area (Å²) >= 11 is 0. The van der Waals surface area contributed by atoms with Gasteiger partial charge >= 0.3 is 0 Å². The lowest BCUT2D eigenvalue weighted by atomic mass is 9.93. The molecule has 2 rings (SSSR count). The van der Waals surface area contributed by atoms with Crippen molar-refractivity contribution in [2.24, 2.45) is 5.41 Å². The second kappa shape index (κ2) is 5.67. The summed E-state index contributed by atoms with van der Waals surface area (Å²) in [4.78, 5) is 18.4. The van der Waals surface area contributed by atoms with E-state index in [1.54, 1.807) is 11.1 Å². The van der Waals surface area contributed by atoms with E-state index in [2.05, 4.69) is 24.1 Å². The van der Waals surface area contributed by atoms with E-state index in [4.69, 9.17) is 0 Å². The molecule has 1 aliphatic rings. The van der Waals surface area contributed by atoms with Gasteiger partial charge in [0.2, 0.25) is 5.91 Å². The van der Waals surface area contributed by atoms with Crippen molar-refractivity contribution in [3.8, 4) is 0 Å². The van der Waals surface area contributed by atoms with E-state index >= 15 is 0 Å². The van der Waals surface area contributed by atoms with Crippen LogP contribution in [0, 0.1) is 5.41 Å². The average molecular weight is 263 g/mol. The molecule has 1 unspecified atom stereocenters. The number of hydrogen-bond donors (Lipinski definition) is 2. The highest BCUT2D eigenvalue weighted by Crippen LogP contribution is 2.21. The summed E-state index contributed by atoms with van der Waals surface area (Å²) in [5, 5.41) is 12.4. The minimum atomic E-state index is -0.509. The van der Waals surface area contributed by atoms with Gasteiger partial charge in [-0.1, -0.05) is 19.9 Å². The fourth-order valence-electron chi connectivity index (χ4n) is 2.32. The summed E-state index contributed by atoms with van der Waals surface area (Å²) in [6.45, 7) is 5.90. The van der Waals surface area contributed by atoms with Gasteiger partial charge in [0.15, 0.2) is 0 Å². The maximum absolute atomic E-state index is 12.3. The Bertz CT molecular complexity index is 434. The molecule has 1 amide bonds. The molecule has 0 aromatic carbocycles. The molecule has 1 aromatic rings. The number of carbonyl (C=O) groups is 1. The smallest absolute Gasteiger partial charge is 0.242 e. The van der Waals surface area contributed by atoms with Gasteiger partial charge in [-0.15, -0.1) is 0 Å². The molecule has 2 heterocycles. The summed E-state index contributed by atoms with van der Waals surface area (Å²) in [7, 11) is 0. The first-order chi connectivity index (χ1) is 9.02. The lowest BCUT2D eigenvalue weighted by Crippen LogP contribution is -2.45. The van der Waals surface area contributed by atoms with Crippen LogP contribution in [0.1, 0.15) is 19.5 Å². The molecule has 104 valence electrons. The molecule has 2 N–H and O–H groups in total. The molecule has 0 bridgehead atoms. The normalized spacial score (nSPS) is 23.2. The van der Waals surface area contributed by atoms with Crippen LogP contribution < -0.4 is 5.32 Å². The quantitative estimate of drug-likeness (QED) is 0.828. The Morgan fingerprint density at radius 2 is 2.32 bits per heavy atom. The van der Waals surface area contributed by atoms with Crippen LogP contribution >= 0.6 is 0 Å². The summed E-state index contributed by atoms with van der Waals surface area (Å²) in [6, 6.07) is 5.17. The number of nitrogens with zero attached hydrogens (tertiary/aromatic N) is 2. The van der Waals surface area contributed by atoms with E-state index in [1.807, 2.05) is 18.2 Å². The van der Waals surface area contributed by atoms with E-state index in [-0.39, 0.29) is 17.9 Å². The number of carbonyl (C=O) groups excluding carboxylic acids is 1. The Kier molecular flexibility index (Phi) is 4.17. The van der Waals surface area contributed by atoms with Crippen LogP contribution in [-0.4, -0.2) is 46.6 Å². The van der Waals surface area contributed by atoms with Gasteiger partial charge in [0.05, 0.1) is 18.8 Å². The van der Waals surface area contributed by atoms with E-state index in [9.17, 15) is 9.90 Å². The van der Waals surface area contributed by atoms with Crippen LogP contribution in [0.15, 0.2) is 24.4 Å². The number of rotatable bonds is 3. The molecule has 1 atom stereocenters. The van der Waals surface area contributed by atoms with Crippen LogP contribution in [0.5, 0.6) is 0 Å². The Morgan fingerprint density at radius 1 is 1.53 bits per heavy atom. The zero-order valence-corrected chi connectivity index (χ0v) is 11.5. The van der Waals surface area contributed by atoms with Gasteiger partial charge in [0, 0.05) is 19.3 Å². The number of aliphatic hydroxyl groups excluding tert-OH is 1. The number of aliphatic hydroxyl groups is 1. The number of amides is 1. The highest BCUT2D eigenvalue weighted by atomic mass is 16.3. The molecule has 0 aliphatic carbocycles. The maximum Gasteiger partial charge on any atom is 0.242 e. The number of pyridine rings is 1. The van der Waals surface area contributed by atoms with Gasteiger partial charge < -0.3 is 15.3 Å². The molecule has 5 heteroatoms. The number of nitrogens with one attached hydrogen (secondary N) is 1. The van der Waals surface area contributed by atoms with Gasteiger partial charge in [-0.2, -0.15) is 0 Å². The molecular weight excluding hydrogens is 242 g/mol. The Labute approximate surface area is 113 Å². The Morgan fingerprint density at radius 3 is 2.95 bits per heavy atom. The van der Waals surface area contributed by atoms with Crippen molar-refractivity contribution in [3.63, 3.8) is 0 Å². The first-order valence-electron chi connectivity index (χ1n) is 6.55. The first kappa shape index (κ1) is 14.0. The third-order valence-corrected chi connectivity index (χ3v) is 3.32. The molecule has 5 nitrogen and oxygen atoms in total. The first-order valence-corrected chi connectivity index (χ1v) is 6.55. The lowest BCUT2D eigenvalue weighted by molar-refractivity contribution is -0.134. The SMILES string of the molecule is CC1(C)CNC(CO)C(=O)N(Cc2ccccn2)C1. The van der Waals surface area contributed by atoms with Crippen molar-refractivity contribution in [2.45, 2.75) is 26.4 Å². The van der Waals surface area contributed by atoms with Crippen LogP contribution in [-0.2, 0) is 11.3 Å². The van der Waals surface area contributed by atoms with Crippen LogP contribution in [0.25, 0.3) is 0 Å². The molecule has 1 aliphatic heterocycles. The summed E-state index contributed by atoms with van der Waals surface area (Å²) in [5.74, 6) is -0.0567. The van der Waals surface area contributed by atoms with Crippen LogP contribution in [0.3, 0.4) is 0 Å². The largest absolute Gasteiger partial charge is 0.394 e. The van der Waals surface area contributed by atoms with Crippen molar-refractivity contribution in [3.05, 3.63) is 30.1 Å². The van der Waals surface area contributed by atoms with Gasteiger partial charge in [0.25, 0.3) is 0 Å². The van der Waals surface area contributed by atoms with Gasteiger partial charge in [0.1, 0.15) is 6.04 Å². The second-order valence-corrected chi connectivity index (χ2v) is 5.80. The van der Waals surface area contributed by atoms with Crippen molar-refractivity contribution in [1.29, 1.82) is 0 Å². The highest BCUT2D eigenvalue weighted by Gasteiger charge is 2.34. The van der Waals surface area contributed by atoms with E-state index in [1.165, 1.54) is 0 Å². The van der Waals surface area contributed by atoms with Crippen molar-refractivity contribution < 1.29 is 9.90 Å². The van der Waals surface area contributed by atoms with E-state index < -0.39 is 6.04 Å². The van der Waals surface area contributed by atoms with Gasteiger partial charge in [-0.25, -0.2) is 0 Å². The van der Waals surface area contributed by atoms with Crippen LogP contribution in [0.4, 0.5) is 0 Å². The zero-order chi connectivity index (χ0) is 13.9. The fourth-order valence-corrected chi connectivity index (χ4v) is 2.32. The predicted molar refractivity (Wildman–Crippen MR) is 72.3 cm³/mol. The summed E-state index contributed by atoms with van der Waals surface area (Å²) in [5.41, 5.74) is 0.846. The topological polar surface area (TPSA) is 65.5 Å². The predicted octanol–water partition coefficient (Wildman–Crippen LogP) is 0.400. The van der Waals surface area contributed by atoms with Crippen LogP contribution in [0.2, 0.25) is 0 Å². The number of aromatic nitrogens is 1. The van der Waals surface area contributed by atoms with Gasteiger partial charge in [-0.3, -0.25) is 9.78 Å². The molecule has 0 radical (unpaired) electrons. The van der Waals surface area contributed by atoms with Crippen molar-refractivity contribution in [1.82, 2.24) is 15.2 Å². The molecule has 1 aromatic heterocycles. The summed E-state index contributed by atoms with van der Waals surface area (Å²) < 4.78 is 0. The third-order valence-electron chi connectivity index (χ3n) is 3.32. The van der Waals surface area contributed by atoms with E-state index in [0.717, 1.165) is 5.69 Å². The third kappa shape index (κ3) is 3.52. The summed E-state index contributed by atoms with van der Waals surface area (Å²) in [6.07, 6.45) is 1.73. The Hall–Kier alpha value is -1.46. The fraction of sp³-hybridized carbons (Fsp3) is 0.571. The second-order valence-electron chi connectivity index (χ2n) is 5.80. The average Bonchev–Trinajstić information content (AvgIpc) is 2.49. The molecular formula is C14H21N3O2.